The molecule has 1 fully saturated rings. The molecule has 2 amide bonds. The van der Waals surface area contributed by atoms with Crippen molar-refractivity contribution in [1.82, 2.24) is 10.2 Å². The fourth-order valence-corrected chi connectivity index (χ4v) is 1.26. The Hall–Kier alpha value is -1.43. The minimum Gasteiger partial charge on any atom is -0.480 e. The summed E-state index contributed by atoms with van der Waals surface area (Å²) in [7, 11) is 1.39. The van der Waals surface area contributed by atoms with Gasteiger partial charge in [0, 0.05) is 7.05 Å². The van der Waals surface area contributed by atoms with Gasteiger partial charge in [-0.05, 0) is 6.92 Å². The smallest absolute Gasteiger partial charge is 0.320 e. The van der Waals surface area contributed by atoms with E-state index in [0.717, 1.165) is 4.90 Å². The number of likely N-dealkylation sites (N-methyl/N-ethyl adjacent to an activating group) is 1. The number of carboxylic acids is 1. The lowest BCUT2D eigenvalue weighted by Gasteiger charge is -2.13. The molecule has 14 heavy (non-hydrogen) atoms. The molecule has 0 saturated carbocycles. The van der Waals surface area contributed by atoms with Gasteiger partial charge in [0.2, 0.25) is 11.8 Å². The minimum atomic E-state index is -1.04. The number of likely N-dealkylation sites (tertiary alicyclic amines) is 1. The van der Waals surface area contributed by atoms with Gasteiger partial charge in [-0.1, -0.05) is 0 Å². The Kier molecular flexibility index (Phi) is 2.85. The van der Waals surface area contributed by atoms with Gasteiger partial charge < -0.3 is 5.11 Å². The highest BCUT2D eigenvalue weighted by Gasteiger charge is 2.37. The fourth-order valence-electron chi connectivity index (χ4n) is 1.26. The number of nitrogens with zero attached hydrogens (tertiary/aromatic N) is 1. The van der Waals surface area contributed by atoms with E-state index in [1.807, 2.05) is 0 Å². The molecule has 0 bridgehead atoms. The number of nitrogens with one attached hydrogen (secondary N) is 1. The normalized spacial score (nSPS) is 24.1. The van der Waals surface area contributed by atoms with Crippen molar-refractivity contribution < 1.29 is 19.5 Å². The number of carbonyl (C=O) groups excluding carboxylic acids is 2. The molecule has 1 aliphatic heterocycles. The summed E-state index contributed by atoms with van der Waals surface area (Å²) in [6.07, 6.45) is 0.0347. The molecule has 1 heterocycles. The van der Waals surface area contributed by atoms with Crippen LogP contribution in [0.4, 0.5) is 0 Å². The summed E-state index contributed by atoms with van der Waals surface area (Å²) < 4.78 is 0. The van der Waals surface area contributed by atoms with Crippen molar-refractivity contribution in [3.05, 3.63) is 0 Å². The zero-order valence-corrected chi connectivity index (χ0v) is 7.98. The van der Waals surface area contributed by atoms with E-state index in [2.05, 4.69) is 5.32 Å². The number of amides is 2. The van der Waals surface area contributed by atoms with E-state index < -0.39 is 18.1 Å². The van der Waals surface area contributed by atoms with Crippen molar-refractivity contribution in [3.8, 4) is 0 Å². The van der Waals surface area contributed by atoms with Crippen LogP contribution in [0.2, 0.25) is 0 Å². The Bertz CT molecular complexity index is 289. The maximum atomic E-state index is 11.3. The van der Waals surface area contributed by atoms with Crippen molar-refractivity contribution in [2.24, 2.45) is 0 Å². The van der Waals surface area contributed by atoms with Gasteiger partial charge >= 0.3 is 5.97 Å². The van der Waals surface area contributed by atoms with E-state index in [4.69, 9.17) is 5.11 Å². The highest BCUT2D eigenvalue weighted by atomic mass is 16.4. The lowest BCUT2D eigenvalue weighted by Crippen LogP contribution is -2.45. The number of hydrogen-bond donors (Lipinski definition) is 2. The Morgan fingerprint density at radius 3 is 2.57 bits per heavy atom. The maximum absolute atomic E-state index is 11.3. The van der Waals surface area contributed by atoms with Crippen molar-refractivity contribution in [1.29, 1.82) is 0 Å². The molecule has 0 aromatic carbocycles. The molecule has 1 rings (SSSR count). The number of imide groups is 1. The molecule has 2 atom stereocenters. The number of carboxylic acid groups (broad SMARTS) is 1. The highest BCUT2D eigenvalue weighted by molar-refractivity contribution is 6.05. The third-order valence-corrected chi connectivity index (χ3v) is 2.20. The van der Waals surface area contributed by atoms with E-state index in [9.17, 15) is 14.4 Å². The predicted molar refractivity (Wildman–Crippen MR) is 46.4 cm³/mol. The van der Waals surface area contributed by atoms with Crippen molar-refractivity contribution >= 4 is 17.8 Å². The first-order valence-electron chi connectivity index (χ1n) is 4.22. The Labute approximate surface area is 80.9 Å². The predicted octanol–water partition coefficient (Wildman–Crippen LogP) is -1.19. The first-order chi connectivity index (χ1) is 6.43. The molecular formula is C8H12N2O4. The molecule has 1 unspecified atom stereocenters. The second-order valence-corrected chi connectivity index (χ2v) is 3.27. The van der Waals surface area contributed by atoms with Gasteiger partial charge in [0.1, 0.15) is 6.04 Å². The lowest BCUT2D eigenvalue weighted by molar-refractivity contribution is -0.139. The molecule has 6 heteroatoms. The van der Waals surface area contributed by atoms with Crippen LogP contribution < -0.4 is 5.32 Å². The molecule has 1 aliphatic rings. The lowest BCUT2D eigenvalue weighted by atomic mass is 10.2. The third-order valence-electron chi connectivity index (χ3n) is 2.20. The zero-order valence-electron chi connectivity index (χ0n) is 7.98. The van der Waals surface area contributed by atoms with E-state index in [1.54, 1.807) is 0 Å². The Morgan fingerprint density at radius 2 is 2.21 bits per heavy atom. The quantitative estimate of drug-likeness (QED) is 0.559. The van der Waals surface area contributed by atoms with Gasteiger partial charge in [0.15, 0.2) is 0 Å². The number of rotatable bonds is 3. The zero-order chi connectivity index (χ0) is 10.9. The van der Waals surface area contributed by atoms with E-state index in [1.165, 1.54) is 14.0 Å². The van der Waals surface area contributed by atoms with Crippen molar-refractivity contribution in [3.63, 3.8) is 0 Å². The van der Waals surface area contributed by atoms with Crippen LogP contribution in [0.5, 0.6) is 0 Å². The van der Waals surface area contributed by atoms with Crippen LogP contribution in [0.3, 0.4) is 0 Å². The molecule has 6 nitrogen and oxygen atoms in total. The molecule has 0 spiro atoms. The van der Waals surface area contributed by atoms with E-state index in [-0.39, 0.29) is 18.2 Å². The maximum Gasteiger partial charge on any atom is 0.320 e. The SMILES string of the molecule is C[C@H](NC1CC(=O)N(C)C1=O)C(=O)O. The van der Waals surface area contributed by atoms with E-state index >= 15 is 0 Å². The summed E-state index contributed by atoms with van der Waals surface area (Å²) in [5, 5.41) is 11.2. The standard InChI is InChI=1S/C8H12N2O4/c1-4(8(13)14)9-5-3-6(11)10(2)7(5)12/h4-5,9H,3H2,1-2H3,(H,13,14)/t4-,5?/m0/s1. The number of aliphatic carboxylic acids is 1. The fraction of sp³-hybridized carbons (Fsp3) is 0.625. The van der Waals surface area contributed by atoms with Gasteiger partial charge in [-0.2, -0.15) is 0 Å². The summed E-state index contributed by atoms with van der Waals surface area (Å²) >= 11 is 0. The molecule has 0 aromatic heterocycles. The summed E-state index contributed by atoms with van der Waals surface area (Å²) in [5.41, 5.74) is 0. The Balaban J connectivity index is 2.60. The first-order valence-corrected chi connectivity index (χ1v) is 4.22. The van der Waals surface area contributed by atoms with Crippen molar-refractivity contribution in [2.45, 2.75) is 25.4 Å². The first kappa shape index (κ1) is 10.6. The van der Waals surface area contributed by atoms with Crippen LogP contribution >= 0.6 is 0 Å². The monoisotopic (exact) mass is 200 g/mol. The van der Waals surface area contributed by atoms with Gasteiger partial charge in [-0.15, -0.1) is 0 Å². The summed E-state index contributed by atoms with van der Waals surface area (Å²) in [6.45, 7) is 1.43. The van der Waals surface area contributed by atoms with Crippen LogP contribution in [0.1, 0.15) is 13.3 Å². The van der Waals surface area contributed by atoms with Crippen LogP contribution in [-0.4, -0.2) is 46.9 Å². The average molecular weight is 200 g/mol. The van der Waals surface area contributed by atoms with E-state index in [0.29, 0.717) is 0 Å². The van der Waals surface area contributed by atoms with Crippen LogP contribution in [0, 0.1) is 0 Å². The molecule has 78 valence electrons. The molecular weight excluding hydrogens is 188 g/mol. The van der Waals surface area contributed by atoms with Crippen molar-refractivity contribution in [2.75, 3.05) is 7.05 Å². The van der Waals surface area contributed by atoms with Crippen LogP contribution in [0.25, 0.3) is 0 Å². The van der Waals surface area contributed by atoms with Gasteiger partial charge in [-0.25, -0.2) is 0 Å². The molecule has 0 radical (unpaired) electrons. The molecule has 0 aliphatic carbocycles. The van der Waals surface area contributed by atoms with Gasteiger partial charge in [-0.3, -0.25) is 24.6 Å². The van der Waals surface area contributed by atoms with Gasteiger partial charge in [0.05, 0.1) is 12.5 Å². The highest BCUT2D eigenvalue weighted by Crippen LogP contribution is 2.10. The number of carbonyl (C=O) groups is 3. The third kappa shape index (κ3) is 1.90. The topological polar surface area (TPSA) is 86.7 Å². The second kappa shape index (κ2) is 3.75. The Morgan fingerprint density at radius 1 is 1.64 bits per heavy atom. The summed E-state index contributed by atoms with van der Waals surface area (Å²) in [4.78, 5) is 33.9. The van der Waals surface area contributed by atoms with Crippen LogP contribution in [-0.2, 0) is 14.4 Å². The largest absolute Gasteiger partial charge is 0.480 e. The van der Waals surface area contributed by atoms with Crippen LogP contribution in [0.15, 0.2) is 0 Å². The molecule has 2 N–H and O–H groups in total. The minimum absolute atomic E-state index is 0.0347. The number of hydrogen-bond acceptors (Lipinski definition) is 4. The second-order valence-electron chi connectivity index (χ2n) is 3.27. The average Bonchev–Trinajstić information content (AvgIpc) is 2.33. The molecule has 1 saturated heterocycles. The molecule has 0 aromatic rings. The van der Waals surface area contributed by atoms with Gasteiger partial charge in [0.25, 0.3) is 0 Å². The summed E-state index contributed by atoms with van der Waals surface area (Å²) in [5.74, 6) is -1.70. The summed E-state index contributed by atoms with van der Waals surface area (Å²) in [6, 6.07) is -1.53.